The van der Waals surface area contributed by atoms with Gasteiger partial charge in [-0.2, -0.15) is 0 Å². The Labute approximate surface area is 120 Å². The van der Waals surface area contributed by atoms with E-state index in [0.29, 0.717) is 5.91 Å². The van der Waals surface area contributed by atoms with E-state index in [9.17, 15) is 4.79 Å². The maximum atomic E-state index is 12.3. The van der Waals surface area contributed by atoms with Gasteiger partial charge in [0.25, 0.3) is 0 Å². The number of rotatable bonds is 3. The normalized spacial score (nSPS) is 19.9. The van der Waals surface area contributed by atoms with E-state index in [-0.39, 0.29) is 5.92 Å². The van der Waals surface area contributed by atoms with Gasteiger partial charge in [0.05, 0.1) is 5.92 Å². The van der Waals surface area contributed by atoms with Crippen molar-refractivity contribution in [2.75, 3.05) is 31.1 Å². The lowest BCUT2D eigenvalue weighted by molar-refractivity contribution is -0.137. The van der Waals surface area contributed by atoms with Crippen molar-refractivity contribution in [3.8, 4) is 0 Å². The molecule has 2 aliphatic rings. The van der Waals surface area contributed by atoms with Gasteiger partial charge in [0.1, 0.15) is 12.1 Å². The maximum absolute atomic E-state index is 12.3. The van der Waals surface area contributed by atoms with Gasteiger partial charge in [0.15, 0.2) is 0 Å². The van der Waals surface area contributed by atoms with Gasteiger partial charge in [0, 0.05) is 37.9 Å². The molecule has 2 fully saturated rings. The first-order chi connectivity index (χ1) is 9.78. The van der Waals surface area contributed by atoms with Gasteiger partial charge < -0.3 is 9.80 Å². The quantitative estimate of drug-likeness (QED) is 0.838. The molecule has 1 amide bonds. The summed E-state index contributed by atoms with van der Waals surface area (Å²) in [7, 11) is 0. The van der Waals surface area contributed by atoms with Crippen molar-refractivity contribution >= 4 is 11.7 Å². The molecule has 5 nitrogen and oxygen atoms in total. The zero-order valence-corrected chi connectivity index (χ0v) is 12.1. The molecule has 2 aliphatic heterocycles. The summed E-state index contributed by atoms with van der Waals surface area (Å²) in [5, 5.41) is 0. The average Bonchev–Trinajstić information content (AvgIpc) is 2.47. The second-order valence-corrected chi connectivity index (χ2v) is 5.71. The van der Waals surface area contributed by atoms with Crippen LogP contribution < -0.4 is 4.90 Å². The molecule has 20 heavy (non-hydrogen) atoms. The van der Waals surface area contributed by atoms with Crippen molar-refractivity contribution in [2.45, 2.75) is 32.6 Å². The first-order valence-corrected chi connectivity index (χ1v) is 7.62. The zero-order valence-electron chi connectivity index (χ0n) is 12.1. The van der Waals surface area contributed by atoms with E-state index in [1.54, 1.807) is 6.33 Å². The molecule has 0 spiro atoms. The van der Waals surface area contributed by atoms with Gasteiger partial charge in [0.2, 0.25) is 5.91 Å². The van der Waals surface area contributed by atoms with Crippen molar-refractivity contribution in [1.29, 1.82) is 0 Å². The molecular formula is C15H22N4O. The third-order valence-electron chi connectivity index (χ3n) is 4.29. The highest BCUT2D eigenvalue weighted by Crippen LogP contribution is 2.25. The van der Waals surface area contributed by atoms with E-state index < -0.39 is 0 Å². The number of anilines is 1. The summed E-state index contributed by atoms with van der Waals surface area (Å²) in [4.78, 5) is 25.1. The number of aryl methyl sites for hydroxylation is 1. The molecule has 1 aromatic heterocycles. The summed E-state index contributed by atoms with van der Waals surface area (Å²) in [6, 6.07) is 2.03. The van der Waals surface area contributed by atoms with Crippen LogP contribution in [0.2, 0.25) is 0 Å². The topological polar surface area (TPSA) is 49.3 Å². The smallest absolute Gasteiger partial charge is 0.229 e. The molecule has 0 aromatic carbocycles. The van der Waals surface area contributed by atoms with E-state index >= 15 is 0 Å². The zero-order chi connectivity index (χ0) is 13.9. The largest absolute Gasteiger partial charge is 0.355 e. The van der Waals surface area contributed by atoms with Gasteiger partial charge in [-0.05, 0) is 25.7 Å². The van der Waals surface area contributed by atoms with Crippen LogP contribution in [0.5, 0.6) is 0 Å². The number of piperidine rings is 1. The number of carbonyl (C=O) groups is 1. The Kier molecular flexibility index (Phi) is 3.85. The van der Waals surface area contributed by atoms with Crippen LogP contribution in [0, 0.1) is 5.92 Å². The SMILES string of the molecule is CCc1cc(N2CC(C(=O)N3CCCCC3)C2)ncn1. The minimum absolute atomic E-state index is 0.160. The van der Waals surface area contributed by atoms with E-state index in [1.807, 2.05) is 11.0 Å². The highest BCUT2D eigenvalue weighted by atomic mass is 16.2. The summed E-state index contributed by atoms with van der Waals surface area (Å²) in [6.45, 7) is 5.58. The Morgan fingerprint density at radius 3 is 2.70 bits per heavy atom. The summed E-state index contributed by atoms with van der Waals surface area (Å²) < 4.78 is 0. The Bertz CT molecular complexity index is 479. The minimum Gasteiger partial charge on any atom is -0.355 e. The van der Waals surface area contributed by atoms with Crippen molar-refractivity contribution < 1.29 is 4.79 Å². The lowest BCUT2D eigenvalue weighted by atomic mass is 9.97. The Balaban J connectivity index is 1.56. The third-order valence-corrected chi connectivity index (χ3v) is 4.29. The van der Waals surface area contributed by atoms with Crippen LogP contribution in [0.1, 0.15) is 31.9 Å². The lowest BCUT2D eigenvalue weighted by Gasteiger charge is -2.42. The lowest BCUT2D eigenvalue weighted by Crippen LogP contribution is -2.55. The van der Waals surface area contributed by atoms with Crippen LogP contribution in [0.15, 0.2) is 12.4 Å². The predicted octanol–water partition coefficient (Wildman–Crippen LogP) is 1.49. The van der Waals surface area contributed by atoms with Gasteiger partial charge in [-0.3, -0.25) is 4.79 Å². The summed E-state index contributed by atoms with van der Waals surface area (Å²) >= 11 is 0. The molecule has 2 saturated heterocycles. The molecule has 0 aliphatic carbocycles. The number of hydrogen-bond donors (Lipinski definition) is 0. The van der Waals surface area contributed by atoms with Gasteiger partial charge in [-0.1, -0.05) is 6.92 Å². The second-order valence-electron chi connectivity index (χ2n) is 5.71. The van der Waals surface area contributed by atoms with Gasteiger partial charge in [-0.15, -0.1) is 0 Å². The highest BCUT2D eigenvalue weighted by Gasteiger charge is 2.36. The molecule has 3 heterocycles. The van der Waals surface area contributed by atoms with Crippen LogP contribution in [0.3, 0.4) is 0 Å². The molecular weight excluding hydrogens is 252 g/mol. The number of nitrogens with zero attached hydrogens (tertiary/aromatic N) is 4. The van der Waals surface area contributed by atoms with Crippen LogP contribution in [-0.4, -0.2) is 47.0 Å². The summed E-state index contributed by atoms with van der Waals surface area (Å²) in [5.41, 5.74) is 1.06. The van der Waals surface area contributed by atoms with E-state index in [1.165, 1.54) is 6.42 Å². The number of aromatic nitrogens is 2. The standard InChI is InChI=1S/C15H22N4O/c1-2-13-8-14(17-11-16-13)19-9-12(10-19)15(20)18-6-4-3-5-7-18/h8,11-12H,2-7,9-10H2,1H3. The van der Waals surface area contributed by atoms with E-state index in [4.69, 9.17) is 0 Å². The number of carbonyl (C=O) groups excluding carboxylic acids is 1. The van der Waals surface area contributed by atoms with Crippen LogP contribution in [0.4, 0.5) is 5.82 Å². The molecule has 5 heteroatoms. The molecule has 1 aromatic rings. The third kappa shape index (κ3) is 2.62. The molecule has 0 radical (unpaired) electrons. The monoisotopic (exact) mass is 274 g/mol. The Morgan fingerprint density at radius 1 is 1.25 bits per heavy atom. The fourth-order valence-corrected chi connectivity index (χ4v) is 2.95. The van der Waals surface area contributed by atoms with Crippen molar-refractivity contribution in [2.24, 2.45) is 5.92 Å². The molecule has 0 bridgehead atoms. The predicted molar refractivity (Wildman–Crippen MR) is 77.5 cm³/mol. The maximum Gasteiger partial charge on any atom is 0.229 e. The first kappa shape index (κ1) is 13.3. The molecule has 0 N–H and O–H groups in total. The Hall–Kier alpha value is -1.65. The van der Waals surface area contributed by atoms with Gasteiger partial charge >= 0.3 is 0 Å². The number of likely N-dealkylation sites (tertiary alicyclic amines) is 1. The number of hydrogen-bond acceptors (Lipinski definition) is 4. The van der Waals surface area contributed by atoms with Crippen molar-refractivity contribution in [3.63, 3.8) is 0 Å². The Morgan fingerprint density at radius 2 is 2.00 bits per heavy atom. The second kappa shape index (κ2) is 5.77. The first-order valence-electron chi connectivity index (χ1n) is 7.62. The summed E-state index contributed by atoms with van der Waals surface area (Å²) in [5.74, 6) is 1.46. The highest BCUT2D eigenvalue weighted by molar-refractivity contribution is 5.82. The molecule has 0 atom stereocenters. The van der Waals surface area contributed by atoms with Crippen molar-refractivity contribution in [3.05, 3.63) is 18.1 Å². The fourth-order valence-electron chi connectivity index (χ4n) is 2.95. The molecule has 3 rings (SSSR count). The van der Waals surface area contributed by atoms with Crippen molar-refractivity contribution in [1.82, 2.24) is 14.9 Å². The summed E-state index contributed by atoms with van der Waals surface area (Å²) in [6.07, 6.45) is 6.12. The molecule has 108 valence electrons. The average molecular weight is 274 g/mol. The molecule has 0 saturated carbocycles. The van der Waals surface area contributed by atoms with E-state index in [2.05, 4.69) is 21.8 Å². The van der Waals surface area contributed by atoms with Crippen LogP contribution >= 0.6 is 0 Å². The minimum atomic E-state index is 0.160. The van der Waals surface area contributed by atoms with E-state index in [0.717, 1.165) is 57.0 Å². The van der Waals surface area contributed by atoms with Crippen LogP contribution in [-0.2, 0) is 11.2 Å². The van der Waals surface area contributed by atoms with Crippen LogP contribution in [0.25, 0.3) is 0 Å². The van der Waals surface area contributed by atoms with Gasteiger partial charge in [-0.25, -0.2) is 9.97 Å². The number of amides is 1. The fraction of sp³-hybridized carbons (Fsp3) is 0.667. The molecule has 0 unspecified atom stereocenters.